The van der Waals surface area contributed by atoms with Crippen molar-refractivity contribution in [3.63, 3.8) is 0 Å². The van der Waals surface area contributed by atoms with Gasteiger partial charge in [-0.15, -0.1) is 0 Å². The fourth-order valence-corrected chi connectivity index (χ4v) is 2.14. The van der Waals surface area contributed by atoms with Gasteiger partial charge in [0.25, 0.3) is 0 Å². The highest BCUT2D eigenvalue weighted by Gasteiger charge is 2.09. The first kappa shape index (κ1) is 16.4. The summed E-state index contributed by atoms with van der Waals surface area (Å²) in [6, 6.07) is 14.3. The van der Waals surface area contributed by atoms with Gasteiger partial charge in [-0.2, -0.15) is 5.26 Å². The number of aromatic hydroxyl groups is 1. The van der Waals surface area contributed by atoms with Crippen LogP contribution in [-0.4, -0.2) is 18.3 Å². The zero-order valence-electron chi connectivity index (χ0n) is 13.2. The molecule has 0 aliphatic carbocycles. The van der Waals surface area contributed by atoms with Gasteiger partial charge in [-0.05, 0) is 61.4 Å². The summed E-state index contributed by atoms with van der Waals surface area (Å²) in [5.41, 5.74) is 2.11. The minimum atomic E-state index is 0.195. The Morgan fingerprint density at radius 3 is 2.30 bits per heavy atom. The average Bonchev–Trinajstić information content (AvgIpc) is 2.56. The summed E-state index contributed by atoms with van der Waals surface area (Å²) < 4.78 is 11.1. The number of ether oxygens (including phenoxy) is 2. The third kappa shape index (κ3) is 4.27. The molecule has 0 saturated heterocycles. The molecule has 0 fully saturated rings. The second-order valence-electron chi connectivity index (χ2n) is 4.79. The molecule has 2 aromatic rings. The summed E-state index contributed by atoms with van der Waals surface area (Å²) in [6.45, 7) is 4.88. The first-order chi connectivity index (χ1) is 11.2. The molecule has 4 heteroatoms. The number of nitrogens with zero attached hydrogens (tertiary/aromatic N) is 1. The molecule has 2 aromatic carbocycles. The van der Waals surface area contributed by atoms with Crippen molar-refractivity contribution in [1.29, 1.82) is 5.26 Å². The third-order valence-corrected chi connectivity index (χ3v) is 3.18. The SMILES string of the molecule is CCOc1ccc(C(C#N)=Cc2ccc(O)cc2)cc1OCC. The normalized spacial score (nSPS) is 10.9. The van der Waals surface area contributed by atoms with E-state index in [9.17, 15) is 10.4 Å². The summed E-state index contributed by atoms with van der Waals surface area (Å²) in [4.78, 5) is 0. The largest absolute Gasteiger partial charge is 0.508 e. The number of phenolic OH excluding ortho intramolecular Hbond substituents is 1. The maximum Gasteiger partial charge on any atom is 0.161 e. The molecular formula is C19H19NO3. The van der Waals surface area contributed by atoms with E-state index in [0.717, 1.165) is 11.1 Å². The number of benzene rings is 2. The molecule has 0 unspecified atom stereocenters. The standard InChI is InChI=1S/C19H19NO3/c1-3-22-18-10-7-15(12-19(18)23-4-2)16(13-20)11-14-5-8-17(21)9-6-14/h5-12,21H,3-4H2,1-2H3. The fraction of sp³-hybridized carbons (Fsp3) is 0.211. The van der Waals surface area contributed by atoms with Gasteiger partial charge in [-0.1, -0.05) is 12.1 Å². The van der Waals surface area contributed by atoms with Crippen molar-refractivity contribution in [2.24, 2.45) is 0 Å². The molecule has 2 rings (SSSR count). The predicted molar refractivity (Wildman–Crippen MR) is 90.4 cm³/mol. The predicted octanol–water partition coefficient (Wildman–Crippen LogP) is 4.25. The second-order valence-corrected chi connectivity index (χ2v) is 4.79. The molecule has 0 atom stereocenters. The first-order valence-electron chi connectivity index (χ1n) is 7.48. The van der Waals surface area contributed by atoms with E-state index >= 15 is 0 Å². The van der Waals surface area contributed by atoms with Crippen LogP contribution in [0.2, 0.25) is 0 Å². The van der Waals surface area contributed by atoms with Crippen LogP contribution in [-0.2, 0) is 0 Å². The minimum Gasteiger partial charge on any atom is -0.508 e. The highest BCUT2D eigenvalue weighted by atomic mass is 16.5. The molecular weight excluding hydrogens is 290 g/mol. The number of rotatable bonds is 6. The van der Waals surface area contributed by atoms with Crippen LogP contribution in [0, 0.1) is 11.3 Å². The molecule has 0 heterocycles. The summed E-state index contributed by atoms with van der Waals surface area (Å²) in [7, 11) is 0. The Morgan fingerprint density at radius 1 is 1.04 bits per heavy atom. The van der Waals surface area contributed by atoms with Crippen LogP contribution < -0.4 is 9.47 Å². The third-order valence-electron chi connectivity index (χ3n) is 3.18. The number of allylic oxidation sites excluding steroid dienone is 1. The second kappa shape index (κ2) is 7.90. The van der Waals surface area contributed by atoms with E-state index < -0.39 is 0 Å². The molecule has 0 saturated carbocycles. The average molecular weight is 309 g/mol. The van der Waals surface area contributed by atoms with Crippen LogP contribution in [0.1, 0.15) is 25.0 Å². The number of phenols is 1. The molecule has 0 aliphatic heterocycles. The van der Waals surface area contributed by atoms with Gasteiger partial charge in [-0.25, -0.2) is 0 Å². The van der Waals surface area contributed by atoms with Crippen molar-refractivity contribution in [2.75, 3.05) is 13.2 Å². The van der Waals surface area contributed by atoms with E-state index in [1.54, 1.807) is 30.3 Å². The Morgan fingerprint density at radius 2 is 1.70 bits per heavy atom. The molecule has 4 nitrogen and oxygen atoms in total. The van der Waals surface area contributed by atoms with Crippen LogP contribution in [0.4, 0.5) is 0 Å². The quantitative estimate of drug-likeness (QED) is 0.640. The number of nitriles is 1. The van der Waals surface area contributed by atoms with Gasteiger partial charge in [0.2, 0.25) is 0 Å². The van der Waals surface area contributed by atoms with Gasteiger partial charge in [-0.3, -0.25) is 0 Å². The Labute approximate surface area is 136 Å². The molecule has 0 amide bonds. The number of hydrogen-bond donors (Lipinski definition) is 1. The van der Waals surface area contributed by atoms with Crippen molar-refractivity contribution >= 4 is 11.6 Å². The van der Waals surface area contributed by atoms with E-state index in [0.29, 0.717) is 30.3 Å². The summed E-state index contributed by atoms with van der Waals surface area (Å²) in [5, 5.41) is 18.8. The lowest BCUT2D eigenvalue weighted by atomic mass is 10.0. The van der Waals surface area contributed by atoms with Crippen molar-refractivity contribution < 1.29 is 14.6 Å². The van der Waals surface area contributed by atoms with Gasteiger partial charge in [0.05, 0.1) is 24.9 Å². The Bertz CT molecular complexity index is 727. The summed E-state index contributed by atoms with van der Waals surface area (Å²) in [5.74, 6) is 1.49. The minimum absolute atomic E-state index is 0.195. The molecule has 118 valence electrons. The molecule has 0 aromatic heterocycles. The molecule has 0 bridgehead atoms. The van der Waals surface area contributed by atoms with Gasteiger partial charge in [0.1, 0.15) is 5.75 Å². The highest BCUT2D eigenvalue weighted by Crippen LogP contribution is 2.31. The lowest BCUT2D eigenvalue weighted by Gasteiger charge is -2.12. The molecule has 0 aliphatic rings. The highest BCUT2D eigenvalue weighted by molar-refractivity contribution is 5.90. The molecule has 1 N–H and O–H groups in total. The zero-order valence-corrected chi connectivity index (χ0v) is 13.2. The van der Waals surface area contributed by atoms with E-state index in [4.69, 9.17) is 9.47 Å². The van der Waals surface area contributed by atoms with Gasteiger partial charge < -0.3 is 14.6 Å². The van der Waals surface area contributed by atoms with Crippen molar-refractivity contribution in [1.82, 2.24) is 0 Å². The van der Waals surface area contributed by atoms with E-state index in [1.807, 2.05) is 32.0 Å². The zero-order chi connectivity index (χ0) is 16.7. The molecule has 0 spiro atoms. The van der Waals surface area contributed by atoms with Crippen LogP contribution in [0.25, 0.3) is 11.6 Å². The van der Waals surface area contributed by atoms with Crippen molar-refractivity contribution in [3.8, 4) is 23.3 Å². The molecule has 0 radical (unpaired) electrons. The van der Waals surface area contributed by atoms with E-state index in [1.165, 1.54) is 0 Å². The maximum absolute atomic E-state index is 9.45. The van der Waals surface area contributed by atoms with Crippen LogP contribution >= 0.6 is 0 Å². The van der Waals surface area contributed by atoms with Gasteiger partial charge in [0, 0.05) is 0 Å². The summed E-state index contributed by atoms with van der Waals surface area (Å²) >= 11 is 0. The Kier molecular flexibility index (Phi) is 5.65. The van der Waals surface area contributed by atoms with E-state index in [-0.39, 0.29) is 5.75 Å². The first-order valence-corrected chi connectivity index (χ1v) is 7.48. The van der Waals surface area contributed by atoms with Gasteiger partial charge >= 0.3 is 0 Å². The van der Waals surface area contributed by atoms with Gasteiger partial charge in [0.15, 0.2) is 11.5 Å². The Balaban J connectivity index is 2.39. The van der Waals surface area contributed by atoms with Crippen molar-refractivity contribution in [3.05, 3.63) is 53.6 Å². The summed E-state index contributed by atoms with van der Waals surface area (Å²) in [6.07, 6.45) is 1.77. The van der Waals surface area contributed by atoms with Crippen molar-refractivity contribution in [2.45, 2.75) is 13.8 Å². The van der Waals surface area contributed by atoms with Crippen LogP contribution in [0.15, 0.2) is 42.5 Å². The topological polar surface area (TPSA) is 62.5 Å². The Hall–Kier alpha value is -2.93. The fourth-order valence-electron chi connectivity index (χ4n) is 2.14. The van der Waals surface area contributed by atoms with Crippen LogP contribution in [0.5, 0.6) is 17.2 Å². The van der Waals surface area contributed by atoms with Crippen LogP contribution in [0.3, 0.4) is 0 Å². The smallest absolute Gasteiger partial charge is 0.161 e. The number of hydrogen-bond acceptors (Lipinski definition) is 4. The van der Waals surface area contributed by atoms with E-state index in [2.05, 4.69) is 6.07 Å². The monoisotopic (exact) mass is 309 g/mol. The lowest BCUT2D eigenvalue weighted by Crippen LogP contribution is -1.99. The molecule has 23 heavy (non-hydrogen) atoms. The lowest BCUT2D eigenvalue weighted by molar-refractivity contribution is 0.287. The maximum atomic E-state index is 9.45.